The van der Waals surface area contributed by atoms with Crippen molar-refractivity contribution in [3.05, 3.63) is 0 Å². The molecule has 0 amide bonds. The first-order valence-electron chi connectivity index (χ1n) is 4.97. The normalized spacial score (nSPS) is 36.0. The van der Waals surface area contributed by atoms with Crippen LogP contribution < -0.4 is 0 Å². The molecule has 2 atom stereocenters. The van der Waals surface area contributed by atoms with Crippen molar-refractivity contribution in [2.24, 2.45) is 11.8 Å². The molecule has 1 saturated carbocycles. The lowest BCUT2D eigenvalue weighted by molar-refractivity contribution is -0.0210. The van der Waals surface area contributed by atoms with Gasteiger partial charge in [-0.1, -0.05) is 19.8 Å². The van der Waals surface area contributed by atoms with Crippen molar-refractivity contribution in [2.75, 3.05) is 0 Å². The summed E-state index contributed by atoms with van der Waals surface area (Å²) < 4.78 is 0. The van der Waals surface area contributed by atoms with E-state index in [9.17, 15) is 10.2 Å². The summed E-state index contributed by atoms with van der Waals surface area (Å²) in [5.74, 6) is 1.14. The molecule has 1 aliphatic rings. The third-order valence-corrected chi connectivity index (χ3v) is 3.04. The lowest BCUT2D eigenvalue weighted by Gasteiger charge is -2.31. The Morgan fingerprint density at radius 2 is 1.58 bits per heavy atom. The van der Waals surface area contributed by atoms with Crippen LogP contribution in [0, 0.1) is 11.8 Å². The minimum atomic E-state index is -0.566. The average molecular weight is 172 g/mol. The number of aliphatic hydroxyl groups excluding tert-OH is 2. The maximum absolute atomic E-state index is 9.59. The van der Waals surface area contributed by atoms with Gasteiger partial charge in [-0.25, -0.2) is 0 Å². The summed E-state index contributed by atoms with van der Waals surface area (Å²) >= 11 is 0. The van der Waals surface area contributed by atoms with Crippen LogP contribution in [0.2, 0.25) is 0 Å². The molecule has 12 heavy (non-hydrogen) atoms. The van der Waals surface area contributed by atoms with Crippen LogP contribution in [0.5, 0.6) is 0 Å². The Bertz CT molecular complexity index is 126. The van der Waals surface area contributed by atoms with Crippen LogP contribution in [0.4, 0.5) is 0 Å². The fourth-order valence-corrected chi connectivity index (χ4v) is 2.02. The van der Waals surface area contributed by atoms with E-state index in [4.69, 9.17) is 0 Å². The van der Waals surface area contributed by atoms with Gasteiger partial charge in [0.25, 0.3) is 0 Å². The number of hydrogen-bond acceptors (Lipinski definition) is 2. The largest absolute Gasteiger partial charge is 0.391 e. The summed E-state index contributed by atoms with van der Waals surface area (Å²) in [4.78, 5) is 0. The first-order valence-corrected chi connectivity index (χ1v) is 4.97. The molecular weight excluding hydrogens is 152 g/mol. The lowest BCUT2D eigenvalue weighted by atomic mass is 9.79. The summed E-state index contributed by atoms with van der Waals surface area (Å²) in [6, 6.07) is 0. The zero-order valence-electron chi connectivity index (χ0n) is 8.03. The van der Waals surface area contributed by atoms with E-state index in [1.54, 1.807) is 6.92 Å². The molecule has 2 heteroatoms. The van der Waals surface area contributed by atoms with Crippen molar-refractivity contribution in [2.45, 2.75) is 51.7 Å². The van der Waals surface area contributed by atoms with E-state index in [2.05, 4.69) is 6.92 Å². The molecule has 0 bridgehead atoms. The highest BCUT2D eigenvalue weighted by Crippen LogP contribution is 2.31. The summed E-state index contributed by atoms with van der Waals surface area (Å²) in [7, 11) is 0. The van der Waals surface area contributed by atoms with Crippen LogP contribution in [0.1, 0.15) is 39.5 Å². The second-order valence-corrected chi connectivity index (χ2v) is 4.25. The monoisotopic (exact) mass is 172 g/mol. The molecule has 0 heterocycles. The van der Waals surface area contributed by atoms with E-state index in [0.717, 1.165) is 18.8 Å². The molecule has 1 rings (SSSR count). The second-order valence-electron chi connectivity index (χ2n) is 4.25. The highest BCUT2D eigenvalue weighted by molar-refractivity contribution is 4.78. The van der Waals surface area contributed by atoms with Gasteiger partial charge in [0.1, 0.15) is 0 Å². The summed E-state index contributed by atoms with van der Waals surface area (Å²) in [5, 5.41) is 18.8. The van der Waals surface area contributed by atoms with Crippen molar-refractivity contribution < 1.29 is 10.2 Å². The second kappa shape index (κ2) is 4.24. The number of aliphatic hydroxyl groups is 2. The standard InChI is InChI=1S/C10H20O2/c1-7-3-5-9(6-4-7)10(12)8(2)11/h7-12H,3-6H2,1-2H3. The molecule has 0 spiro atoms. The van der Waals surface area contributed by atoms with Gasteiger partial charge in [-0.3, -0.25) is 0 Å². The quantitative estimate of drug-likeness (QED) is 0.663. The van der Waals surface area contributed by atoms with Gasteiger partial charge >= 0.3 is 0 Å². The van der Waals surface area contributed by atoms with Crippen molar-refractivity contribution in [1.29, 1.82) is 0 Å². The fourth-order valence-electron chi connectivity index (χ4n) is 2.02. The van der Waals surface area contributed by atoms with E-state index < -0.39 is 12.2 Å². The fraction of sp³-hybridized carbons (Fsp3) is 1.00. The predicted molar refractivity (Wildman–Crippen MR) is 48.8 cm³/mol. The van der Waals surface area contributed by atoms with E-state index in [1.165, 1.54) is 12.8 Å². The van der Waals surface area contributed by atoms with E-state index in [-0.39, 0.29) is 0 Å². The lowest BCUT2D eigenvalue weighted by Crippen LogP contribution is -2.33. The molecular formula is C10H20O2. The summed E-state index contributed by atoms with van der Waals surface area (Å²) in [6.45, 7) is 3.92. The zero-order valence-corrected chi connectivity index (χ0v) is 8.03. The topological polar surface area (TPSA) is 40.5 Å². The van der Waals surface area contributed by atoms with E-state index >= 15 is 0 Å². The average Bonchev–Trinajstić information content (AvgIpc) is 2.04. The van der Waals surface area contributed by atoms with Gasteiger partial charge in [-0.15, -0.1) is 0 Å². The smallest absolute Gasteiger partial charge is 0.0824 e. The van der Waals surface area contributed by atoms with Crippen LogP contribution in [0.15, 0.2) is 0 Å². The van der Waals surface area contributed by atoms with Gasteiger partial charge < -0.3 is 10.2 Å². The van der Waals surface area contributed by atoms with Crippen molar-refractivity contribution in [3.8, 4) is 0 Å². The molecule has 1 aliphatic carbocycles. The number of rotatable bonds is 2. The first kappa shape index (κ1) is 10.0. The molecule has 0 saturated heterocycles. The molecule has 0 aromatic heterocycles. The van der Waals surface area contributed by atoms with Gasteiger partial charge in [0.05, 0.1) is 12.2 Å². The molecule has 0 radical (unpaired) electrons. The molecule has 0 aliphatic heterocycles. The maximum atomic E-state index is 9.59. The van der Waals surface area contributed by atoms with Gasteiger partial charge in [0.2, 0.25) is 0 Å². The van der Waals surface area contributed by atoms with Gasteiger partial charge in [0.15, 0.2) is 0 Å². The highest BCUT2D eigenvalue weighted by Gasteiger charge is 2.27. The Morgan fingerprint density at radius 3 is 2.00 bits per heavy atom. The van der Waals surface area contributed by atoms with Gasteiger partial charge in [-0.05, 0) is 31.6 Å². The van der Waals surface area contributed by atoms with Crippen LogP contribution in [-0.4, -0.2) is 22.4 Å². The Morgan fingerprint density at radius 1 is 1.08 bits per heavy atom. The third-order valence-electron chi connectivity index (χ3n) is 3.04. The van der Waals surface area contributed by atoms with E-state index in [1.807, 2.05) is 0 Å². The number of hydrogen-bond donors (Lipinski definition) is 2. The predicted octanol–water partition coefficient (Wildman–Crippen LogP) is 1.55. The molecule has 2 nitrogen and oxygen atoms in total. The third kappa shape index (κ3) is 2.46. The van der Waals surface area contributed by atoms with Crippen LogP contribution in [0.25, 0.3) is 0 Å². The SMILES string of the molecule is CC1CCC(C(O)C(C)O)CC1. The van der Waals surface area contributed by atoms with Crippen LogP contribution in [0.3, 0.4) is 0 Å². The Labute approximate surface area is 74.6 Å². The molecule has 0 aromatic carbocycles. The Kier molecular flexibility index (Phi) is 3.53. The first-order chi connectivity index (χ1) is 5.61. The van der Waals surface area contributed by atoms with Crippen molar-refractivity contribution >= 4 is 0 Å². The summed E-state index contributed by atoms with van der Waals surface area (Å²) in [5.41, 5.74) is 0. The van der Waals surface area contributed by atoms with Gasteiger partial charge in [0, 0.05) is 0 Å². The molecule has 72 valence electrons. The minimum absolute atomic E-state index is 0.334. The molecule has 0 aromatic rings. The van der Waals surface area contributed by atoms with E-state index in [0.29, 0.717) is 5.92 Å². The minimum Gasteiger partial charge on any atom is -0.391 e. The molecule has 1 fully saturated rings. The maximum Gasteiger partial charge on any atom is 0.0824 e. The van der Waals surface area contributed by atoms with Crippen LogP contribution in [-0.2, 0) is 0 Å². The Hall–Kier alpha value is -0.0800. The molecule has 2 unspecified atom stereocenters. The summed E-state index contributed by atoms with van der Waals surface area (Å²) in [6.07, 6.45) is 3.49. The van der Waals surface area contributed by atoms with Crippen LogP contribution >= 0.6 is 0 Å². The Balaban J connectivity index is 2.34. The zero-order chi connectivity index (χ0) is 9.14. The molecule has 2 N–H and O–H groups in total. The highest BCUT2D eigenvalue weighted by atomic mass is 16.3. The van der Waals surface area contributed by atoms with Gasteiger partial charge in [-0.2, -0.15) is 0 Å². The van der Waals surface area contributed by atoms with Crippen molar-refractivity contribution in [1.82, 2.24) is 0 Å². The van der Waals surface area contributed by atoms with Crippen molar-refractivity contribution in [3.63, 3.8) is 0 Å².